The van der Waals surface area contributed by atoms with Gasteiger partial charge in [0.1, 0.15) is 0 Å². The van der Waals surface area contributed by atoms with Crippen LogP contribution in [-0.4, -0.2) is 22.6 Å². The van der Waals surface area contributed by atoms with E-state index in [1.54, 1.807) is 0 Å². The zero-order valence-electron chi connectivity index (χ0n) is 7.40. The highest BCUT2D eigenvalue weighted by atomic mass is 32.1. The van der Waals surface area contributed by atoms with Crippen LogP contribution < -0.4 is 16.8 Å². The summed E-state index contributed by atoms with van der Waals surface area (Å²) in [6, 6.07) is 0.0866. The van der Waals surface area contributed by atoms with Crippen LogP contribution in [0.4, 0.5) is 6.01 Å². The second kappa shape index (κ2) is 4.82. The molecule has 14 heavy (non-hydrogen) atoms. The van der Waals surface area contributed by atoms with Gasteiger partial charge in [-0.25, -0.2) is 0 Å². The molecule has 0 fully saturated rings. The molecule has 1 unspecified atom stereocenters. The Balaban J connectivity index is 2.62. The van der Waals surface area contributed by atoms with Gasteiger partial charge in [-0.2, -0.15) is 17.6 Å². The summed E-state index contributed by atoms with van der Waals surface area (Å²) < 4.78 is 4.76. The molecule has 0 amide bonds. The van der Waals surface area contributed by atoms with Crippen LogP contribution in [0.3, 0.4) is 0 Å². The van der Waals surface area contributed by atoms with E-state index in [0.717, 1.165) is 0 Å². The van der Waals surface area contributed by atoms with Crippen LogP contribution >= 0.6 is 12.6 Å². The van der Waals surface area contributed by atoms with E-state index >= 15 is 0 Å². The standard InChI is InChI=1S/C6H12N6OS/c7-2-1-3(14)4-10-6(13-12-4)11-5(8)9/h3,14H,1-2,7H2,(H4,8,9,10,11,12). The third-order valence-corrected chi connectivity index (χ3v) is 1.91. The van der Waals surface area contributed by atoms with Gasteiger partial charge < -0.3 is 16.0 Å². The zero-order chi connectivity index (χ0) is 10.6. The number of nitrogens with two attached hydrogens (primary N) is 2. The van der Waals surface area contributed by atoms with Gasteiger partial charge in [-0.1, -0.05) is 5.16 Å². The maximum Gasteiger partial charge on any atom is 0.328 e. The van der Waals surface area contributed by atoms with Crippen molar-refractivity contribution in [2.75, 3.05) is 11.9 Å². The molecule has 1 atom stereocenters. The first-order chi connectivity index (χ1) is 6.63. The number of hydrogen-bond acceptors (Lipinski definition) is 6. The van der Waals surface area contributed by atoms with Gasteiger partial charge in [-0.15, -0.1) is 0 Å². The number of guanidine groups is 1. The minimum atomic E-state index is -0.255. The van der Waals surface area contributed by atoms with Gasteiger partial charge in [-0.05, 0) is 13.0 Å². The van der Waals surface area contributed by atoms with Crippen LogP contribution in [-0.2, 0) is 0 Å². The summed E-state index contributed by atoms with van der Waals surface area (Å²) in [5.41, 5.74) is 10.4. The van der Waals surface area contributed by atoms with Crippen LogP contribution in [0.1, 0.15) is 17.5 Å². The Kier molecular flexibility index (Phi) is 3.72. The Morgan fingerprint density at radius 1 is 1.71 bits per heavy atom. The fraction of sp³-hybridized carbons (Fsp3) is 0.500. The largest absolute Gasteiger partial charge is 0.370 e. The Hall–Kier alpha value is -1.28. The van der Waals surface area contributed by atoms with E-state index in [-0.39, 0.29) is 17.2 Å². The molecule has 0 radical (unpaired) electrons. The van der Waals surface area contributed by atoms with E-state index in [0.29, 0.717) is 18.8 Å². The molecule has 1 aromatic heterocycles. The average Bonchev–Trinajstić information content (AvgIpc) is 2.52. The number of hydrogen-bond donors (Lipinski definition) is 5. The number of anilines is 1. The molecule has 0 spiro atoms. The zero-order valence-corrected chi connectivity index (χ0v) is 8.29. The first-order valence-electron chi connectivity index (χ1n) is 3.96. The fourth-order valence-corrected chi connectivity index (χ4v) is 1.08. The lowest BCUT2D eigenvalue weighted by atomic mass is 10.3. The summed E-state index contributed by atoms with van der Waals surface area (Å²) >= 11 is 4.23. The van der Waals surface area contributed by atoms with E-state index in [1.807, 2.05) is 0 Å². The lowest BCUT2D eigenvalue weighted by molar-refractivity contribution is 0.424. The van der Waals surface area contributed by atoms with Gasteiger partial charge >= 0.3 is 6.01 Å². The van der Waals surface area contributed by atoms with Crippen molar-refractivity contribution in [3.63, 3.8) is 0 Å². The molecule has 7 nitrogen and oxygen atoms in total. The van der Waals surface area contributed by atoms with Crippen molar-refractivity contribution in [1.82, 2.24) is 10.1 Å². The Morgan fingerprint density at radius 2 is 2.43 bits per heavy atom. The third-order valence-electron chi connectivity index (χ3n) is 1.42. The highest BCUT2D eigenvalue weighted by molar-refractivity contribution is 7.80. The van der Waals surface area contributed by atoms with Gasteiger partial charge in [0.2, 0.25) is 0 Å². The normalized spacial score (nSPS) is 12.4. The van der Waals surface area contributed by atoms with Crippen molar-refractivity contribution >= 4 is 24.6 Å². The molecule has 0 aliphatic carbocycles. The maximum absolute atomic E-state index is 6.93. The van der Waals surface area contributed by atoms with E-state index in [1.165, 1.54) is 0 Å². The maximum atomic E-state index is 6.93. The summed E-state index contributed by atoms with van der Waals surface area (Å²) in [6.07, 6.45) is 0.655. The Bertz CT molecular complexity index is 313. The van der Waals surface area contributed by atoms with Crippen molar-refractivity contribution in [2.45, 2.75) is 11.7 Å². The molecule has 6 N–H and O–H groups in total. The summed E-state index contributed by atoms with van der Waals surface area (Å²) in [6.45, 7) is 0.498. The Labute approximate surface area is 86.1 Å². The smallest absolute Gasteiger partial charge is 0.328 e. The third kappa shape index (κ3) is 2.89. The minimum Gasteiger partial charge on any atom is -0.370 e. The van der Waals surface area contributed by atoms with Crippen molar-refractivity contribution < 1.29 is 4.52 Å². The molecule has 0 saturated carbocycles. The van der Waals surface area contributed by atoms with Gasteiger partial charge in [0.05, 0.1) is 5.25 Å². The van der Waals surface area contributed by atoms with E-state index in [4.69, 9.17) is 21.4 Å². The predicted molar refractivity (Wildman–Crippen MR) is 55.2 cm³/mol. The first-order valence-corrected chi connectivity index (χ1v) is 4.48. The van der Waals surface area contributed by atoms with Crippen LogP contribution in [0.15, 0.2) is 4.52 Å². The molecule has 1 heterocycles. The summed E-state index contributed by atoms with van der Waals surface area (Å²) in [7, 11) is 0. The number of nitrogens with one attached hydrogen (secondary N) is 2. The van der Waals surface area contributed by atoms with E-state index in [2.05, 4.69) is 28.1 Å². The fourth-order valence-electron chi connectivity index (χ4n) is 0.823. The highest BCUT2D eigenvalue weighted by Gasteiger charge is 2.13. The number of rotatable bonds is 4. The van der Waals surface area contributed by atoms with Crippen LogP contribution in [0.2, 0.25) is 0 Å². The van der Waals surface area contributed by atoms with Gasteiger partial charge in [0, 0.05) is 0 Å². The Morgan fingerprint density at radius 3 is 3.00 bits per heavy atom. The topological polar surface area (TPSA) is 127 Å². The van der Waals surface area contributed by atoms with Crippen LogP contribution in [0, 0.1) is 5.41 Å². The SMILES string of the molecule is N=C(N)Nc1nc(C(S)CCN)no1. The minimum absolute atomic E-state index is 0.0866. The predicted octanol–water partition coefficient (Wildman–Crippen LogP) is -0.305. The van der Waals surface area contributed by atoms with Crippen molar-refractivity contribution in [3.8, 4) is 0 Å². The van der Waals surface area contributed by atoms with E-state index in [9.17, 15) is 0 Å². The summed E-state index contributed by atoms with van der Waals surface area (Å²) in [4.78, 5) is 3.93. The second-order valence-electron chi connectivity index (χ2n) is 2.59. The number of thiol groups is 1. The summed E-state index contributed by atoms with van der Waals surface area (Å²) in [5.74, 6) is 0.178. The average molecular weight is 216 g/mol. The van der Waals surface area contributed by atoms with Gasteiger partial charge in [-0.3, -0.25) is 10.7 Å². The number of nitrogens with zero attached hydrogens (tertiary/aromatic N) is 2. The van der Waals surface area contributed by atoms with Crippen molar-refractivity contribution in [1.29, 1.82) is 5.41 Å². The van der Waals surface area contributed by atoms with E-state index < -0.39 is 0 Å². The molecule has 0 aromatic carbocycles. The lowest BCUT2D eigenvalue weighted by Gasteiger charge is -2.01. The van der Waals surface area contributed by atoms with Crippen molar-refractivity contribution in [2.24, 2.45) is 11.5 Å². The summed E-state index contributed by atoms with van der Waals surface area (Å²) in [5, 5.41) is 12.8. The van der Waals surface area contributed by atoms with Crippen molar-refractivity contribution in [3.05, 3.63) is 5.82 Å². The monoisotopic (exact) mass is 216 g/mol. The molecular formula is C6H12N6OS. The van der Waals surface area contributed by atoms with Crippen LogP contribution in [0.5, 0.6) is 0 Å². The van der Waals surface area contributed by atoms with Gasteiger partial charge in [0.15, 0.2) is 11.8 Å². The quantitative estimate of drug-likeness (QED) is 0.267. The molecule has 0 bridgehead atoms. The first kappa shape index (κ1) is 10.8. The molecule has 78 valence electrons. The molecule has 0 aliphatic rings. The lowest BCUT2D eigenvalue weighted by Crippen LogP contribution is -2.20. The molecule has 0 saturated heterocycles. The second-order valence-corrected chi connectivity index (χ2v) is 3.21. The number of aromatic nitrogens is 2. The molecule has 1 aromatic rings. The highest BCUT2D eigenvalue weighted by Crippen LogP contribution is 2.20. The molecule has 1 rings (SSSR count). The van der Waals surface area contributed by atoms with Gasteiger partial charge in [0.25, 0.3) is 0 Å². The molecule has 0 aliphatic heterocycles. The molecular weight excluding hydrogens is 204 g/mol. The van der Waals surface area contributed by atoms with Crippen LogP contribution in [0.25, 0.3) is 0 Å². The molecule has 8 heteroatoms.